The van der Waals surface area contributed by atoms with Crippen molar-refractivity contribution in [3.05, 3.63) is 65.7 Å². The van der Waals surface area contributed by atoms with Crippen molar-refractivity contribution in [3.8, 4) is 0 Å². The van der Waals surface area contributed by atoms with Crippen molar-refractivity contribution in [2.45, 2.75) is 47.9 Å². The molecule has 2 aliphatic heterocycles. The molecule has 0 aliphatic carbocycles. The third-order valence-electron chi connectivity index (χ3n) is 5.60. The van der Waals surface area contributed by atoms with Gasteiger partial charge in [-0.15, -0.1) is 0 Å². The summed E-state index contributed by atoms with van der Waals surface area (Å²) in [6.45, 7) is 0. The van der Waals surface area contributed by atoms with E-state index in [1.807, 2.05) is 0 Å². The molecule has 1 amide bonds. The Bertz CT molecular complexity index is 964. The Morgan fingerprint density at radius 2 is 1.56 bits per heavy atom. The number of hydrogen-bond acceptors (Lipinski definition) is 3. The maximum atomic E-state index is 13.5. The largest absolute Gasteiger partial charge is 0.333 e. The van der Waals surface area contributed by atoms with Gasteiger partial charge in [0.15, 0.2) is 21.5 Å². The Balaban J connectivity index is 1.57. The van der Waals surface area contributed by atoms with Gasteiger partial charge in [0.1, 0.15) is 0 Å². The van der Waals surface area contributed by atoms with E-state index in [0.717, 1.165) is 25.0 Å². The van der Waals surface area contributed by atoms with Crippen molar-refractivity contribution in [1.29, 1.82) is 0 Å². The van der Waals surface area contributed by atoms with Crippen molar-refractivity contribution >= 4 is 15.7 Å². The Morgan fingerprint density at radius 1 is 0.926 bits per heavy atom. The van der Waals surface area contributed by atoms with Crippen molar-refractivity contribution < 1.29 is 22.0 Å². The summed E-state index contributed by atoms with van der Waals surface area (Å²) in [6.07, 6.45) is 2.17. The minimum absolute atomic E-state index is 0.0927. The number of rotatable bonds is 3. The van der Waals surface area contributed by atoms with E-state index in [4.69, 9.17) is 0 Å². The van der Waals surface area contributed by atoms with Crippen molar-refractivity contribution in [3.63, 3.8) is 0 Å². The third-order valence-corrected chi connectivity index (χ3v) is 7.79. The molecule has 0 N–H and O–H groups in total. The number of piperidine rings is 1. The summed E-state index contributed by atoms with van der Waals surface area (Å²) in [4.78, 5) is 14.8. The number of nitrogens with zero attached hydrogens (tertiary/aromatic N) is 1. The molecule has 2 aliphatic rings. The van der Waals surface area contributed by atoms with E-state index >= 15 is 0 Å². The van der Waals surface area contributed by atoms with Gasteiger partial charge in [0.25, 0.3) is 5.91 Å². The molecular weight excluding hydrogens is 372 g/mol. The van der Waals surface area contributed by atoms with Crippen LogP contribution in [0.3, 0.4) is 0 Å². The first-order chi connectivity index (χ1) is 12.9. The highest BCUT2D eigenvalue weighted by Crippen LogP contribution is 2.40. The van der Waals surface area contributed by atoms with Crippen LogP contribution in [0.4, 0.5) is 8.78 Å². The molecule has 2 aromatic rings. The Kier molecular flexibility index (Phi) is 4.50. The molecule has 27 heavy (non-hydrogen) atoms. The van der Waals surface area contributed by atoms with E-state index in [1.165, 1.54) is 6.07 Å². The van der Waals surface area contributed by atoms with Gasteiger partial charge in [0.05, 0.1) is 10.1 Å². The molecule has 2 fully saturated rings. The van der Waals surface area contributed by atoms with Gasteiger partial charge in [0.2, 0.25) is 0 Å². The SMILES string of the molecule is O=C(c1ccc(F)c(F)c1)N1[C@@H]2CC[C@H]1CC(S(=O)(=O)c1ccccc1)C2. The van der Waals surface area contributed by atoms with Gasteiger partial charge in [-0.1, -0.05) is 18.2 Å². The molecule has 4 nitrogen and oxygen atoms in total. The topological polar surface area (TPSA) is 54.5 Å². The average molecular weight is 391 g/mol. The van der Waals surface area contributed by atoms with Crippen LogP contribution in [0.25, 0.3) is 0 Å². The maximum absolute atomic E-state index is 13.5. The normalized spacial score (nSPS) is 24.8. The van der Waals surface area contributed by atoms with Crippen LogP contribution >= 0.6 is 0 Å². The van der Waals surface area contributed by atoms with Crippen LogP contribution in [-0.4, -0.2) is 36.6 Å². The Hall–Kier alpha value is -2.28. The standard InChI is InChI=1S/C20H19F2NO3S/c21-18-9-6-13(10-19(18)22)20(24)23-14-7-8-15(23)12-17(11-14)27(25,26)16-4-2-1-3-5-16/h1-6,9-10,14-15,17H,7-8,11-12H2/t14-,15+,17?. The molecule has 7 heteroatoms. The molecule has 2 aromatic carbocycles. The smallest absolute Gasteiger partial charge is 0.254 e. The zero-order valence-electron chi connectivity index (χ0n) is 14.5. The zero-order valence-corrected chi connectivity index (χ0v) is 15.3. The fraction of sp³-hybridized carbons (Fsp3) is 0.350. The minimum Gasteiger partial charge on any atom is -0.333 e. The number of carbonyl (C=O) groups is 1. The van der Waals surface area contributed by atoms with E-state index in [0.29, 0.717) is 17.7 Å². The lowest BCUT2D eigenvalue weighted by Crippen LogP contribution is -2.49. The summed E-state index contributed by atoms with van der Waals surface area (Å²) >= 11 is 0. The predicted molar refractivity (Wildman–Crippen MR) is 96.0 cm³/mol. The monoisotopic (exact) mass is 391 g/mol. The van der Waals surface area contributed by atoms with Crippen molar-refractivity contribution in [2.24, 2.45) is 0 Å². The van der Waals surface area contributed by atoms with Gasteiger partial charge in [0, 0.05) is 17.6 Å². The van der Waals surface area contributed by atoms with E-state index < -0.39 is 26.7 Å². The Labute approximate surface area is 156 Å². The first-order valence-corrected chi connectivity index (χ1v) is 10.5. The van der Waals surface area contributed by atoms with Gasteiger partial charge in [-0.3, -0.25) is 4.79 Å². The van der Waals surface area contributed by atoms with Crippen LogP contribution < -0.4 is 0 Å². The quantitative estimate of drug-likeness (QED) is 0.804. The highest BCUT2D eigenvalue weighted by Gasteiger charge is 2.47. The highest BCUT2D eigenvalue weighted by atomic mass is 32.2. The number of halogens is 2. The van der Waals surface area contributed by atoms with E-state index in [1.54, 1.807) is 35.2 Å². The van der Waals surface area contributed by atoms with E-state index in [2.05, 4.69) is 0 Å². The highest BCUT2D eigenvalue weighted by molar-refractivity contribution is 7.92. The summed E-state index contributed by atoms with van der Waals surface area (Å²) in [5, 5.41) is -0.536. The summed E-state index contributed by atoms with van der Waals surface area (Å²) in [7, 11) is -3.46. The maximum Gasteiger partial charge on any atom is 0.254 e. The molecule has 142 valence electrons. The summed E-state index contributed by atoms with van der Waals surface area (Å²) < 4.78 is 52.5. The number of carbonyl (C=O) groups excluding carboxylic acids is 1. The first-order valence-electron chi connectivity index (χ1n) is 8.94. The third kappa shape index (κ3) is 3.14. The number of hydrogen-bond donors (Lipinski definition) is 0. The average Bonchev–Trinajstić information content (AvgIpc) is 2.93. The molecule has 2 saturated heterocycles. The zero-order chi connectivity index (χ0) is 19.2. The number of benzene rings is 2. The minimum atomic E-state index is -3.46. The van der Waals surface area contributed by atoms with E-state index in [-0.39, 0.29) is 23.6 Å². The molecular formula is C20H19F2NO3S. The molecule has 4 rings (SSSR count). The van der Waals surface area contributed by atoms with Crippen LogP contribution in [0.5, 0.6) is 0 Å². The predicted octanol–water partition coefficient (Wildman–Crippen LogP) is 3.57. The lowest BCUT2D eigenvalue weighted by atomic mass is 10.0. The van der Waals surface area contributed by atoms with E-state index in [9.17, 15) is 22.0 Å². The molecule has 1 unspecified atom stereocenters. The molecule has 0 spiro atoms. The van der Waals surface area contributed by atoms with Crippen LogP contribution in [0.2, 0.25) is 0 Å². The van der Waals surface area contributed by atoms with Gasteiger partial charge in [-0.05, 0) is 56.0 Å². The fourth-order valence-electron chi connectivity index (χ4n) is 4.29. The van der Waals surface area contributed by atoms with Gasteiger partial charge >= 0.3 is 0 Å². The van der Waals surface area contributed by atoms with Crippen LogP contribution in [0.15, 0.2) is 53.4 Å². The molecule has 0 aromatic heterocycles. The van der Waals surface area contributed by atoms with Crippen molar-refractivity contribution in [2.75, 3.05) is 0 Å². The number of amides is 1. The van der Waals surface area contributed by atoms with Crippen molar-refractivity contribution in [1.82, 2.24) is 4.90 Å². The van der Waals surface area contributed by atoms with Gasteiger partial charge < -0.3 is 4.90 Å². The van der Waals surface area contributed by atoms with Gasteiger partial charge in [-0.2, -0.15) is 0 Å². The molecule has 2 bridgehead atoms. The number of sulfone groups is 1. The lowest BCUT2D eigenvalue weighted by Gasteiger charge is -2.38. The second kappa shape index (κ2) is 6.71. The lowest BCUT2D eigenvalue weighted by molar-refractivity contribution is 0.0597. The molecule has 2 heterocycles. The summed E-state index contributed by atoms with van der Waals surface area (Å²) in [5.74, 6) is -2.42. The van der Waals surface area contributed by atoms with Gasteiger partial charge in [-0.25, -0.2) is 17.2 Å². The molecule has 3 atom stereocenters. The Morgan fingerprint density at radius 3 is 2.15 bits per heavy atom. The molecule has 0 radical (unpaired) electrons. The first kappa shape index (κ1) is 18.1. The van der Waals surface area contributed by atoms with Crippen LogP contribution in [0.1, 0.15) is 36.0 Å². The number of fused-ring (bicyclic) bond motifs is 2. The van der Waals surface area contributed by atoms with Crippen LogP contribution in [0, 0.1) is 11.6 Å². The van der Waals surface area contributed by atoms with Crippen LogP contribution in [-0.2, 0) is 9.84 Å². The second-order valence-corrected chi connectivity index (χ2v) is 9.41. The summed E-state index contributed by atoms with van der Waals surface area (Å²) in [5.41, 5.74) is 0.0927. The second-order valence-electron chi connectivity index (χ2n) is 7.18. The summed E-state index contributed by atoms with van der Waals surface area (Å²) in [6, 6.07) is 11.1. The fourth-order valence-corrected chi connectivity index (χ4v) is 6.17. The molecule has 0 saturated carbocycles.